The number of hydrogen-bond donors (Lipinski definition) is 2. The smallest absolute Gasteiger partial charge is 0.224 e. The van der Waals surface area contributed by atoms with Crippen molar-refractivity contribution in [1.29, 1.82) is 0 Å². The van der Waals surface area contributed by atoms with Crippen molar-refractivity contribution in [2.75, 3.05) is 29.0 Å². The van der Waals surface area contributed by atoms with Gasteiger partial charge in [0, 0.05) is 25.2 Å². The number of amides is 1. The maximum absolute atomic E-state index is 11.5. The van der Waals surface area contributed by atoms with E-state index in [1.54, 1.807) is 0 Å². The third-order valence-electron chi connectivity index (χ3n) is 3.66. The van der Waals surface area contributed by atoms with Crippen molar-refractivity contribution in [2.45, 2.75) is 39.5 Å². The van der Waals surface area contributed by atoms with Gasteiger partial charge >= 0.3 is 0 Å². The average Bonchev–Trinajstić information content (AvgIpc) is 2.42. The lowest BCUT2D eigenvalue weighted by Crippen LogP contribution is -2.30. The second kappa shape index (κ2) is 5.95. The van der Waals surface area contributed by atoms with Crippen molar-refractivity contribution < 1.29 is 4.79 Å². The average molecular weight is 261 g/mol. The topological polar surface area (TPSA) is 58.4 Å². The van der Waals surface area contributed by atoms with Gasteiger partial charge in [-0.25, -0.2) is 0 Å². The fourth-order valence-electron chi connectivity index (χ4n) is 2.54. The van der Waals surface area contributed by atoms with Crippen molar-refractivity contribution in [2.24, 2.45) is 0 Å². The van der Waals surface area contributed by atoms with Gasteiger partial charge in [0.15, 0.2) is 0 Å². The maximum Gasteiger partial charge on any atom is 0.224 e. The molecule has 0 saturated carbocycles. The zero-order chi connectivity index (χ0) is 13.8. The Morgan fingerprint density at radius 2 is 2.00 bits per heavy atom. The summed E-state index contributed by atoms with van der Waals surface area (Å²) in [6.07, 6.45) is 4.25. The minimum Gasteiger partial charge on any atom is -0.397 e. The molecule has 1 saturated heterocycles. The Morgan fingerprint density at radius 3 is 2.63 bits per heavy atom. The summed E-state index contributed by atoms with van der Waals surface area (Å²) in [5.41, 5.74) is 9.73. The van der Waals surface area contributed by atoms with Gasteiger partial charge in [-0.15, -0.1) is 0 Å². The molecule has 104 valence electrons. The van der Waals surface area contributed by atoms with Crippen molar-refractivity contribution in [3.63, 3.8) is 0 Å². The standard InChI is InChI=1S/C15H23N3O/c1-3-15(19)17-13-10-14(11(2)9-12(13)16)18-7-5-4-6-8-18/h9-10H,3-8,16H2,1-2H3,(H,17,19). The summed E-state index contributed by atoms with van der Waals surface area (Å²) >= 11 is 0. The fraction of sp³-hybridized carbons (Fsp3) is 0.533. The number of carbonyl (C=O) groups is 1. The van der Waals surface area contributed by atoms with Crippen LogP contribution in [0.3, 0.4) is 0 Å². The number of hydrogen-bond acceptors (Lipinski definition) is 3. The first-order valence-electron chi connectivity index (χ1n) is 7.06. The first kappa shape index (κ1) is 13.7. The number of piperidine rings is 1. The Balaban J connectivity index is 2.27. The predicted molar refractivity (Wildman–Crippen MR) is 80.6 cm³/mol. The molecular weight excluding hydrogens is 238 g/mol. The molecule has 1 aliphatic heterocycles. The first-order chi connectivity index (χ1) is 9.11. The predicted octanol–water partition coefficient (Wildman–Crippen LogP) is 2.92. The molecule has 19 heavy (non-hydrogen) atoms. The molecule has 0 bridgehead atoms. The Morgan fingerprint density at radius 1 is 1.32 bits per heavy atom. The lowest BCUT2D eigenvalue weighted by atomic mass is 10.1. The summed E-state index contributed by atoms with van der Waals surface area (Å²) in [7, 11) is 0. The van der Waals surface area contributed by atoms with Crippen LogP contribution in [-0.4, -0.2) is 19.0 Å². The molecule has 1 aromatic rings. The normalized spacial score (nSPS) is 15.4. The van der Waals surface area contributed by atoms with Crippen LogP contribution in [0.1, 0.15) is 38.2 Å². The van der Waals surface area contributed by atoms with Crippen LogP contribution in [-0.2, 0) is 4.79 Å². The van der Waals surface area contributed by atoms with E-state index in [4.69, 9.17) is 5.73 Å². The fourth-order valence-corrected chi connectivity index (χ4v) is 2.54. The molecule has 1 heterocycles. The lowest BCUT2D eigenvalue weighted by Gasteiger charge is -2.30. The van der Waals surface area contributed by atoms with Gasteiger partial charge in [0.05, 0.1) is 11.4 Å². The van der Waals surface area contributed by atoms with Crippen LogP contribution in [0.25, 0.3) is 0 Å². The summed E-state index contributed by atoms with van der Waals surface area (Å²) in [4.78, 5) is 13.9. The highest BCUT2D eigenvalue weighted by atomic mass is 16.1. The molecule has 0 unspecified atom stereocenters. The number of nitrogens with zero attached hydrogens (tertiary/aromatic N) is 1. The monoisotopic (exact) mass is 261 g/mol. The Labute approximate surface area is 115 Å². The molecule has 1 fully saturated rings. The Bertz CT molecular complexity index is 465. The number of nitrogen functional groups attached to an aromatic ring is 1. The molecule has 0 aromatic heterocycles. The van der Waals surface area contributed by atoms with E-state index in [2.05, 4.69) is 17.1 Å². The minimum atomic E-state index is 0.000136. The quantitative estimate of drug-likeness (QED) is 0.822. The van der Waals surface area contributed by atoms with Gasteiger partial charge in [0.25, 0.3) is 0 Å². The van der Waals surface area contributed by atoms with Crippen LogP contribution in [0, 0.1) is 6.92 Å². The van der Waals surface area contributed by atoms with Crippen molar-refractivity contribution >= 4 is 23.0 Å². The molecule has 1 amide bonds. The second-order valence-electron chi connectivity index (χ2n) is 5.18. The molecule has 0 atom stereocenters. The third kappa shape index (κ3) is 3.19. The number of nitrogens with one attached hydrogen (secondary N) is 1. The van der Waals surface area contributed by atoms with E-state index in [-0.39, 0.29) is 5.91 Å². The number of rotatable bonds is 3. The summed E-state index contributed by atoms with van der Waals surface area (Å²) in [6.45, 7) is 6.09. The summed E-state index contributed by atoms with van der Waals surface area (Å²) in [5.74, 6) is 0.000136. The van der Waals surface area contributed by atoms with Crippen LogP contribution in [0.15, 0.2) is 12.1 Å². The molecule has 0 spiro atoms. The largest absolute Gasteiger partial charge is 0.397 e. The van der Waals surface area contributed by atoms with Gasteiger partial charge in [-0.3, -0.25) is 4.79 Å². The third-order valence-corrected chi connectivity index (χ3v) is 3.66. The Hall–Kier alpha value is -1.71. The van der Waals surface area contributed by atoms with Crippen molar-refractivity contribution in [1.82, 2.24) is 0 Å². The van der Waals surface area contributed by atoms with E-state index in [0.717, 1.165) is 18.8 Å². The van der Waals surface area contributed by atoms with Gasteiger partial charge in [-0.1, -0.05) is 6.92 Å². The summed E-state index contributed by atoms with van der Waals surface area (Å²) < 4.78 is 0. The van der Waals surface area contributed by atoms with Gasteiger partial charge in [0.2, 0.25) is 5.91 Å². The zero-order valence-electron chi connectivity index (χ0n) is 11.8. The second-order valence-corrected chi connectivity index (χ2v) is 5.18. The van der Waals surface area contributed by atoms with E-state index >= 15 is 0 Å². The van der Waals surface area contributed by atoms with Gasteiger partial charge in [-0.2, -0.15) is 0 Å². The lowest BCUT2D eigenvalue weighted by molar-refractivity contribution is -0.115. The van der Waals surface area contributed by atoms with E-state index in [9.17, 15) is 4.79 Å². The molecule has 0 radical (unpaired) electrons. The summed E-state index contributed by atoms with van der Waals surface area (Å²) in [6, 6.07) is 3.97. The van der Waals surface area contributed by atoms with Crippen LogP contribution >= 0.6 is 0 Å². The molecule has 1 aromatic carbocycles. The number of nitrogens with two attached hydrogens (primary N) is 1. The highest BCUT2D eigenvalue weighted by Crippen LogP contribution is 2.31. The van der Waals surface area contributed by atoms with E-state index < -0.39 is 0 Å². The highest BCUT2D eigenvalue weighted by molar-refractivity contribution is 5.94. The van der Waals surface area contributed by atoms with E-state index in [0.29, 0.717) is 12.1 Å². The molecule has 4 nitrogen and oxygen atoms in total. The van der Waals surface area contributed by atoms with Crippen molar-refractivity contribution in [3.05, 3.63) is 17.7 Å². The number of benzene rings is 1. The molecular formula is C15H23N3O. The van der Waals surface area contributed by atoms with Crippen LogP contribution in [0.5, 0.6) is 0 Å². The number of anilines is 3. The summed E-state index contributed by atoms with van der Waals surface area (Å²) in [5, 5.41) is 2.88. The van der Waals surface area contributed by atoms with Gasteiger partial charge in [-0.05, 0) is 43.9 Å². The van der Waals surface area contributed by atoms with Gasteiger partial charge in [0.1, 0.15) is 0 Å². The SMILES string of the molecule is CCC(=O)Nc1cc(N2CCCCC2)c(C)cc1N. The van der Waals surface area contributed by atoms with Gasteiger partial charge < -0.3 is 16.0 Å². The number of carbonyl (C=O) groups excluding carboxylic acids is 1. The zero-order valence-corrected chi connectivity index (χ0v) is 11.8. The maximum atomic E-state index is 11.5. The van der Waals surface area contributed by atoms with E-state index in [1.165, 1.54) is 30.5 Å². The van der Waals surface area contributed by atoms with Crippen LogP contribution < -0.4 is 16.0 Å². The van der Waals surface area contributed by atoms with Crippen LogP contribution in [0.4, 0.5) is 17.1 Å². The Kier molecular flexibility index (Phi) is 4.30. The molecule has 1 aliphatic rings. The highest BCUT2D eigenvalue weighted by Gasteiger charge is 2.15. The first-order valence-corrected chi connectivity index (χ1v) is 7.06. The molecule has 2 rings (SSSR count). The van der Waals surface area contributed by atoms with Crippen molar-refractivity contribution in [3.8, 4) is 0 Å². The van der Waals surface area contributed by atoms with E-state index in [1.807, 2.05) is 19.1 Å². The molecule has 0 aliphatic carbocycles. The molecule has 3 N–H and O–H groups in total. The number of aryl methyl sites for hydroxylation is 1. The minimum absolute atomic E-state index is 0.000136. The van der Waals surface area contributed by atoms with Crippen LogP contribution in [0.2, 0.25) is 0 Å². The molecule has 4 heteroatoms.